The van der Waals surface area contributed by atoms with Crippen molar-refractivity contribution in [1.29, 1.82) is 0 Å². The van der Waals surface area contributed by atoms with Crippen LogP contribution in [0.2, 0.25) is 0 Å². The third-order valence-corrected chi connectivity index (χ3v) is 3.02. The SMILES string of the molecule is Cc1ccc(F)cc1-c1noc(-c2ccc(N)cc2)n1. The molecule has 2 N–H and O–H groups in total. The molecule has 3 rings (SSSR count). The molecule has 0 unspecified atom stereocenters. The fourth-order valence-electron chi connectivity index (χ4n) is 1.91. The van der Waals surface area contributed by atoms with E-state index in [4.69, 9.17) is 10.3 Å². The number of hydrogen-bond acceptors (Lipinski definition) is 4. The molecule has 1 heterocycles. The van der Waals surface area contributed by atoms with Crippen molar-refractivity contribution < 1.29 is 8.91 Å². The van der Waals surface area contributed by atoms with Gasteiger partial charge in [0.05, 0.1) is 0 Å². The summed E-state index contributed by atoms with van der Waals surface area (Å²) in [5, 5.41) is 3.90. The van der Waals surface area contributed by atoms with E-state index in [1.165, 1.54) is 12.1 Å². The van der Waals surface area contributed by atoms with Crippen molar-refractivity contribution in [3.63, 3.8) is 0 Å². The molecule has 0 aliphatic heterocycles. The van der Waals surface area contributed by atoms with E-state index in [1.807, 2.05) is 6.92 Å². The van der Waals surface area contributed by atoms with Crippen molar-refractivity contribution in [3.05, 3.63) is 53.8 Å². The lowest BCUT2D eigenvalue weighted by Crippen LogP contribution is -1.88. The van der Waals surface area contributed by atoms with Crippen LogP contribution in [-0.4, -0.2) is 10.1 Å². The zero-order valence-corrected chi connectivity index (χ0v) is 10.8. The van der Waals surface area contributed by atoms with E-state index in [-0.39, 0.29) is 5.82 Å². The van der Waals surface area contributed by atoms with Crippen LogP contribution >= 0.6 is 0 Å². The minimum absolute atomic E-state index is 0.329. The Morgan fingerprint density at radius 2 is 1.85 bits per heavy atom. The standard InChI is InChI=1S/C15H12FN3O/c1-9-2-5-11(16)8-13(9)14-18-15(20-19-14)10-3-6-12(17)7-4-10/h2-8H,17H2,1H3. The molecule has 100 valence electrons. The highest BCUT2D eigenvalue weighted by atomic mass is 19.1. The van der Waals surface area contributed by atoms with Crippen LogP contribution in [0.15, 0.2) is 47.0 Å². The lowest BCUT2D eigenvalue weighted by Gasteiger charge is -1.99. The van der Waals surface area contributed by atoms with E-state index in [1.54, 1.807) is 30.3 Å². The van der Waals surface area contributed by atoms with Gasteiger partial charge in [0.2, 0.25) is 5.82 Å². The predicted molar refractivity (Wildman–Crippen MR) is 74.3 cm³/mol. The Bertz CT molecular complexity index is 750. The predicted octanol–water partition coefficient (Wildman–Crippen LogP) is 3.43. The second kappa shape index (κ2) is 4.77. The average molecular weight is 269 g/mol. The van der Waals surface area contributed by atoms with Gasteiger partial charge in [-0.25, -0.2) is 4.39 Å². The first kappa shape index (κ1) is 12.3. The molecule has 5 heteroatoms. The number of aromatic nitrogens is 2. The van der Waals surface area contributed by atoms with Gasteiger partial charge in [-0.05, 0) is 48.9 Å². The molecule has 0 saturated carbocycles. The number of nitrogens with zero attached hydrogens (tertiary/aromatic N) is 2. The number of hydrogen-bond donors (Lipinski definition) is 1. The lowest BCUT2D eigenvalue weighted by molar-refractivity contribution is 0.432. The fraction of sp³-hybridized carbons (Fsp3) is 0.0667. The first-order valence-electron chi connectivity index (χ1n) is 6.09. The molecule has 4 nitrogen and oxygen atoms in total. The highest BCUT2D eigenvalue weighted by molar-refractivity contribution is 5.63. The molecule has 0 atom stereocenters. The van der Waals surface area contributed by atoms with Crippen LogP contribution in [-0.2, 0) is 0 Å². The highest BCUT2D eigenvalue weighted by Gasteiger charge is 2.13. The highest BCUT2D eigenvalue weighted by Crippen LogP contribution is 2.25. The molecule has 0 radical (unpaired) electrons. The van der Waals surface area contributed by atoms with Gasteiger partial charge in [0.25, 0.3) is 5.89 Å². The van der Waals surface area contributed by atoms with Gasteiger partial charge >= 0.3 is 0 Å². The first-order chi connectivity index (χ1) is 9.63. The summed E-state index contributed by atoms with van der Waals surface area (Å²) in [7, 11) is 0. The summed E-state index contributed by atoms with van der Waals surface area (Å²) in [6.07, 6.45) is 0. The van der Waals surface area contributed by atoms with Crippen molar-refractivity contribution in [2.24, 2.45) is 0 Å². The number of nitrogen functional groups attached to an aromatic ring is 1. The third kappa shape index (κ3) is 2.25. The molecule has 1 aromatic heterocycles. The smallest absolute Gasteiger partial charge is 0.258 e. The first-order valence-corrected chi connectivity index (χ1v) is 6.09. The van der Waals surface area contributed by atoms with E-state index < -0.39 is 0 Å². The van der Waals surface area contributed by atoms with Crippen LogP contribution in [0.25, 0.3) is 22.8 Å². The second-order valence-electron chi connectivity index (χ2n) is 4.50. The molecular formula is C15H12FN3O. The van der Waals surface area contributed by atoms with E-state index in [9.17, 15) is 4.39 Å². The van der Waals surface area contributed by atoms with Gasteiger partial charge in [-0.2, -0.15) is 4.98 Å². The van der Waals surface area contributed by atoms with Gasteiger partial charge in [-0.15, -0.1) is 0 Å². The van der Waals surface area contributed by atoms with Gasteiger partial charge in [0.1, 0.15) is 5.82 Å². The van der Waals surface area contributed by atoms with Crippen LogP contribution < -0.4 is 5.73 Å². The molecule has 20 heavy (non-hydrogen) atoms. The fourth-order valence-corrected chi connectivity index (χ4v) is 1.91. The quantitative estimate of drug-likeness (QED) is 0.724. The zero-order valence-electron chi connectivity index (χ0n) is 10.8. The van der Waals surface area contributed by atoms with Crippen molar-refractivity contribution in [1.82, 2.24) is 10.1 Å². The Labute approximate surface area is 115 Å². The summed E-state index contributed by atoms with van der Waals surface area (Å²) >= 11 is 0. The molecule has 0 saturated heterocycles. The zero-order chi connectivity index (χ0) is 14.1. The van der Waals surface area contributed by atoms with Gasteiger partial charge in [-0.3, -0.25) is 0 Å². The summed E-state index contributed by atoms with van der Waals surface area (Å²) in [5.74, 6) is 0.418. The minimum atomic E-state index is -0.329. The second-order valence-corrected chi connectivity index (χ2v) is 4.50. The molecule has 0 bridgehead atoms. The molecular weight excluding hydrogens is 257 g/mol. The Morgan fingerprint density at radius 3 is 2.60 bits per heavy atom. The minimum Gasteiger partial charge on any atom is -0.399 e. The number of nitrogens with two attached hydrogens (primary N) is 1. The third-order valence-electron chi connectivity index (χ3n) is 3.02. The summed E-state index contributed by atoms with van der Waals surface area (Å²) < 4.78 is 18.5. The normalized spacial score (nSPS) is 10.7. The summed E-state index contributed by atoms with van der Waals surface area (Å²) in [4.78, 5) is 4.30. The maximum absolute atomic E-state index is 13.3. The Balaban J connectivity index is 2.01. The van der Waals surface area contributed by atoms with Crippen LogP contribution in [0.4, 0.5) is 10.1 Å². The van der Waals surface area contributed by atoms with E-state index in [0.717, 1.165) is 11.1 Å². The maximum Gasteiger partial charge on any atom is 0.258 e. The number of halogens is 1. The molecule has 0 aliphatic carbocycles. The van der Waals surface area contributed by atoms with Crippen LogP contribution in [0, 0.1) is 12.7 Å². The summed E-state index contributed by atoms with van der Waals surface area (Å²) in [5.41, 5.74) is 8.57. The largest absolute Gasteiger partial charge is 0.399 e. The summed E-state index contributed by atoms with van der Waals surface area (Å²) in [6, 6.07) is 11.6. The Hall–Kier alpha value is -2.69. The summed E-state index contributed by atoms with van der Waals surface area (Å²) in [6.45, 7) is 1.87. The van der Waals surface area contributed by atoms with Gasteiger partial charge in [0.15, 0.2) is 0 Å². The van der Waals surface area contributed by atoms with Gasteiger partial charge in [-0.1, -0.05) is 11.2 Å². The van der Waals surface area contributed by atoms with Crippen molar-refractivity contribution >= 4 is 5.69 Å². The molecule has 2 aromatic carbocycles. The van der Waals surface area contributed by atoms with E-state index >= 15 is 0 Å². The number of rotatable bonds is 2. The molecule has 3 aromatic rings. The monoisotopic (exact) mass is 269 g/mol. The number of anilines is 1. The molecule has 0 fully saturated rings. The molecule has 0 aliphatic rings. The van der Waals surface area contributed by atoms with E-state index in [2.05, 4.69) is 10.1 Å². The Kier molecular flexibility index (Phi) is 2.95. The van der Waals surface area contributed by atoms with Crippen LogP contribution in [0.1, 0.15) is 5.56 Å². The molecule has 0 spiro atoms. The maximum atomic E-state index is 13.3. The molecule has 0 amide bonds. The van der Waals surface area contributed by atoms with Gasteiger partial charge < -0.3 is 10.3 Å². The van der Waals surface area contributed by atoms with Crippen LogP contribution in [0.5, 0.6) is 0 Å². The van der Waals surface area contributed by atoms with E-state index in [0.29, 0.717) is 23.0 Å². The average Bonchev–Trinajstić information content (AvgIpc) is 2.92. The van der Waals surface area contributed by atoms with Gasteiger partial charge in [0, 0.05) is 16.8 Å². The topological polar surface area (TPSA) is 64.9 Å². The van der Waals surface area contributed by atoms with Crippen molar-refractivity contribution in [3.8, 4) is 22.8 Å². The number of benzene rings is 2. The van der Waals surface area contributed by atoms with Crippen LogP contribution in [0.3, 0.4) is 0 Å². The lowest BCUT2D eigenvalue weighted by atomic mass is 10.1. The van der Waals surface area contributed by atoms with Crippen molar-refractivity contribution in [2.45, 2.75) is 6.92 Å². The van der Waals surface area contributed by atoms with Crippen molar-refractivity contribution in [2.75, 3.05) is 5.73 Å². The Morgan fingerprint density at radius 1 is 1.10 bits per heavy atom. The number of aryl methyl sites for hydroxylation is 1.